The average Bonchev–Trinajstić information content (AvgIpc) is 3.13. The summed E-state index contributed by atoms with van der Waals surface area (Å²) < 4.78 is 32.2. The molecule has 1 aromatic carbocycles. The SMILES string of the molecule is CCC(C)c1ccc(S(=O)(=O)N2CCN(C(=O)c3cc(C)no3)CC2)cc1. The summed E-state index contributed by atoms with van der Waals surface area (Å²) in [5.74, 6) is 0.325. The van der Waals surface area contributed by atoms with Crippen molar-refractivity contribution in [1.82, 2.24) is 14.4 Å². The van der Waals surface area contributed by atoms with Gasteiger partial charge in [0.15, 0.2) is 0 Å². The van der Waals surface area contributed by atoms with Crippen LogP contribution >= 0.6 is 0 Å². The maximum absolute atomic E-state index is 12.9. The van der Waals surface area contributed by atoms with Gasteiger partial charge in [-0.1, -0.05) is 31.1 Å². The minimum absolute atomic E-state index is 0.185. The molecule has 0 N–H and O–H groups in total. The molecule has 1 aliphatic heterocycles. The molecule has 1 amide bonds. The molecule has 1 aromatic heterocycles. The van der Waals surface area contributed by atoms with Crippen LogP contribution in [0.25, 0.3) is 0 Å². The number of aryl methyl sites for hydroxylation is 1. The highest BCUT2D eigenvalue weighted by molar-refractivity contribution is 7.89. The summed E-state index contributed by atoms with van der Waals surface area (Å²) >= 11 is 0. The van der Waals surface area contributed by atoms with E-state index in [1.54, 1.807) is 30.0 Å². The molecule has 0 bridgehead atoms. The van der Waals surface area contributed by atoms with E-state index < -0.39 is 10.0 Å². The fourth-order valence-corrected chi connectivity index (χ4v) is 4.53. The van der Waals surface area contributed by atoms with Crippen molar-refractivity contribution in [3.05, 3.63) is 47.3 Å². The maximum atomic E-state index is 12.9. The lowest BCUT2D eigenvalue weighted by Crippen LogP contribution is -2.50. The summed E-state index contributed by atoms with van der Waals surface area (Å²) in [6.07, 6.45) is 1.01. The molecule has 7 nitrogen and oxygen atoms in total. The zero-order valence-electron chi connectivity index (χ0n) is 15.9. The molecule has 0 spiro atoms. The Morgan fingerprint density at radius 1 is 1.19 bits per heavy atom. The lowest BCUT2D eigenvalue weighted by molar-refractivity contribution is 0.0656. The van der Waals surface area contributed by atoms with Gasteiger partial charge >= 0.3 is 0 Å². The van der Waals surface area contributed by atoms with Gasteiger partial charge in [0.25, 0.3) is 5.91 Å². The molecule has 2 heterocycles. The standard InChI is InChI=1S/C19H25N3O4S/c1-4-14(2)16-5-7-17(8-6-16)27(24,25)22-11-9-21(10-12-22)19(23)18-13-15(3)20-26-18/h5-8,13-14H,4,9-12H2,1-3H3. The number of rotatable bonds is 5. The van der Waals surface area contributed by atoms with E-state index in [0.717, 1.165) is 12.0 Å². The van der Waals surface area contributed by atoms with Crippen LogP contribution in [0, 0.1) is 6.92 Å². The number of carbonyl (C=O) groups is 1. The van der Waals surface area contributed by atoms with Crippen LogP contribution in [0.1, 0.15) is 48.0 Å². The fourth-order valence-electron chi connectivity index (χ4n) is 3.10. The van der Waals surface area contributed by atoms with E-state index in [1.165, 1.54) is 4.31 Å². The third-order valence-electron chi connectivity index (χ3n) is 5.06. The molecule has 0 radical (unpaired) electrons. The first kappa shape index (κ1) is 19.6. The van der Waals surface area contributed by atoms with Crippen molar-refractivity contribution >= 4 is 15.9 Å². The molecule has 1 fully saturated rings. The van der Waals surface area contributed by atoms with E-state index in [2.05, 4.69) is 19.0 Å². The molecule has 8 heteroatoms. The van der Waals surface area contributed by atoms with Crippen molar-refractivity contribution in [2.75, 3.05) is 26.2 Å². The summed E-state index contributed by atoms with van der Waals surface area (Å²) in [7, 11) is -3.56. The average molecular weight is 391 g/mol. The van der Waals surface area contributed by atoms with Crippen molar-refractivity contribution in [2.45, 2.75) is 38.0 Å². The van der Waals surface area contributed by atoms with Crippen molar-refractivity contribution < 1.29 is 17.7 Å². The lowest BCUT2D eigenvalue weighted by atomic mass is 9.99. The third kappa shape index (κ3) is 4.06. The number of benzene rings is 1. The van der Waals surface area contributed by atoms with Crippen LogP contribution in [-0.4, -0.2) is 54.9 Å². The summed E-state index contributed by atoms with van der Waals surface area (Å²) in [6.45, 7) is 7.14. The van der Waals surface area contributed by atoms with Crippen molar-refractivity contribution in [3.63, 3.8) is 0 Å². The van der Waals surface area contributed by atoms with Gasteiger partial charge in [-0.25, -0.2) is 8.42 Å². The van der Waals surface area contributed by atoms with Crippen LogP contribution < -0.4 is 0 Å². The summed E-state index contributed by atoms with van der Waals surface area (Å²) in [6, 6.07) is 8.70. The van der Waals surface area contributed by atoms with Gasteiger partial charge in [0.05, 0.1) is 10.6 Å². The smallest absolute Gasteiger partial charge is 0.292 e. The first-order valence-electron chi connectivity index (χ1n) is 9.15. The summed E-state index contributed by atoms with van der Waals surface area (Å²) in [4.78, 5) is 14.3. The predicted molar refractivity (Wildman–Crippen MR) is 101 cm³/mol. The van der Waals surface area contributed by atoms with Gasteiger partial charge in [0.1, 0.15) is 0 Å². The first-order valence-corrected chi connectivity index (χ1v) is 10.6. The van der Waals surface area contributed by atoms with Gasteiger partial charge in [0, 0.05) is 32.2 Å². The Hall–Kier alpha value is -2.19. The Morgan fingerprint density at radius 2 is 1.81 bits per heavy atom. The highest BCUT2D eigenvalue weighted by Gasteiger charge is 2.31. The van der Waals surface area contributed by atoms with E-state index >= 15 is 0 Å². The van der Waals surface area contributed by atoms with Gasteiger partial charge < -0.3 is 9.42 Å². The van der Waals surface area contributed by atoms with Gasteiger partial charge in [-0.2, -0.15) is 4.31 Å². The van der Waals surface area contributed by atoms with E-state index in [9.17, 15) is 13.2 Å². The highest BCUT2D eigenvalue weighted by atomic mass is 32.2. The number of sulfonamides is 1. The Labute approximate surface area is 160 Å². The monoisotopic (exact) mass is 391 g/mol. The number of nitrogens with zero attached hydrogens (tertiary/aromatic N) is 3. The molecule has 146 valence electrons. The first-order chi connectivity index (χ1) is 12.8. The van der Waals surface area contributed by atoms with Gasteiger partial charge in [-0.15, -0.1) is 0 Å². The molecular formula is C19H25N3O4S. The lowest BCUT2D eigenvalue weighted by Gasteiger charge is -2.33. The van der Waals surface area contributed by atoms with Crippen molar-refractivity contribution in [1.29, 1.82) is 0 Å². The Balaban J connectivity index is 1.66. The maximum Gasteiger partial charge on any atom is 0.292 e. The second-order valence-electron chi connectivity index (χ2n) is 6.91. The number of amides is 1. The molecule has 1 saturated heterocycles. The van der Waals surface area contributed by atoms with Crippen molar-refractivity contribution in [3.8, 4) is 0 Å². The molecule has 2 aromatic rings. The van der Waals surface area contributed by atoms with E-state index in [4.69, 9.17) is 4.52 Å². The number of hydrogen-bond donors (Lipinski definition) is 0. The second kappa shape index (κ2) is 7.82. The quantitative estimate of drug-likeness (QED) is 0.782. The molecule has 1 aliphatic rings. The van der Waals surface area contributed by atoms with Crippen LogP contribution in [0.4, 0.5) is 0 Å². The zero-order chi connectivity index (χ0) is 19.6. The molecule has 0 aliphatic carbocycles. The molecule has 3 rings (SSSR count). The molecule has 0 saturated carbocycles. The molecular weight excluding hydrogens is 366 g/mol. The van der Waals surface area contributed by atoms with Crippen LogP contribution in [-0.2, 0) is 10.0 Å². The number of hydrogen-bond acceptors (Lipinski definition) is 5. The topological polar surface area (TPSA) is 83.7 Å². The Bertz CT molecular complexity index is 897. The van der Waals surface area contributed by atoms with E-state index in [-0.39, 0.29) is 24.8 Å². The largest absolute Gasteiger partial charge is 0.351 e. The zero-order valence-corrected chi connectivity index (χ0v) is 16.7. The predicted octanol–water partition coefficient (Wildman–Crippen LogP) is 2.64. The molecule has 27 heavy (non-hydrogen) atoms. The van der Waals surface area contributed by atoms with Crippen LogP contribution in [0.3, 0.4) is 0 Å². The molecule has 1 unspecified atom stereocenters. The Kier molecular flexibility index (Phi) is 5.67. The van der Waals surface area contributed by atoms with Gasteiger partial charge in [0.2, 0.25) is 15.8 Å². The van der Waals surface area contributed by atoms with Crippen molar-refractivity contribution in [2.24, 2.45) is 0 Å². The van der Waals surface area contributed by atoms with E-state index in [0.29, 0.717) is 29.6 Å². The number of carbonyl (C=O) groups excluding carboxylic acids is 1. The summed E-state index contributed by atoms with van der Waals surface area (Å²) in [5, 5.41) is 3.72. The second-order valence-corrected chi connectivity index (χ2v) is 8.85. The van der Waals surface area contributed by atoms with Gasteiger partial charge in [-0.05, 0) is 37.0 Å². The Morgan fingerprint density at radius 3 is 2.33 bits per heavy atom. The summed E-state index contributed by atoms with van der Waals surface area (Å²) in [5.41, 5.74) is 1.77. The third-order valence-corrected chi connectivity index (χ3v) is 6.98. The minimum Gasteiger partial charge on any atom is -0.351 e. The molecule has 1 atom stereocenters. The van der Waals surface area contributed by atoms with Crippen LogP contribution in [0.15, 0.2) is 39.8 Å². The number of aromatic nitrogens is 1. The van der Waals surface area contributed by atoms with E-state index in [1.807, 2.05) is 12.1 Å². The minimum atomic E-state index is -3.56. The van der Waals surface area contributed by atoms with Crippen LogP contribution in [0.5, 0.6) is 0 Å². The normalized spacial score (nSPS) is 17.1. The number of piperazine rings is 1. The highest BCUT2D eigenvalue weighted by Crippen LogP contribution is 2.23. The van der Waals surface area contributed by atoms with Crippen LogP contribution in [0.2, 0.25) is 0 Å². The fraction of sp³-hybridized carbons (Fsp3) is 0.474. The van der Waals surface area contributed by atoms with Gasteiger partial charge in [-0.3, -0.25) is 4.79 Å².